The molecule has 0 radical (unpaired) electrons. The quantitative estimate of drug-likeness (QED) is 0.283. The lowest BCUT2D eigenvalue weighted by Crippen LogP contribution is -2.26. The Morgan fingerprint density at radius 1 is 1.13 bits per heavy atom. The first-order valence-electron chi connectivity index (χ1n) is 12.8. The number of anilines is 1. The monoisotopic (exact) mass is 586 g/mol. The van der Waals surface area contributed by atoms with Gasteiger partial charge in [0.25, 0.3) is 0 Å². The van der Waals surface area contributed by atoms with Gasteiger partial charge in [0.05, 0.1) is 41.1 Å². The fourth-order valence-electron chi connectivity index (χ4n) is 4.52. The number of nitrogens with one attached hydrogen (secondary N) is 1. The van der Waals surface area contributed by atoms with Crippen LogP contribution in [0.2, 0.25) is 0 Å². The minimum Gasteiger partial charge on any atom is -0.381 e. The molecular weight excluding hydrogens is 547 g/mol. The molecule has 2 fully saturated rings. The summed E-state index contributed by atoms with van der Waals surface area (Å²) >= 11 is 1.25. The number of sulfone groups is 1. The molecule has 1 atom stereocenters. The van der Waals surface area contributed by atoms with Crippen LogP contribution in [-0.4, -0.2) is 51.0 Å². The van der Waals surface area contributed by atoms with Crippen LogP contribution in [0.25, 0.3) is 0 Å². The number of thiazole rings is 1. The van der Waals surface area contributed by atoms with E-state index in [9.17, 15) is 17.8 Å². The smallest absolute Gasteiger partial charge is 0.336 e. The van der Waals surface area contributed by atoms with Gasteiger partial charge in [0.2, 0.25) is 5.91 Å². The van der Waals surface area contributed by atoms with Crippen LogP contribution in [0.1, 0.15) is 70.6 Å². The molecule has 4 rings (SSSR count). The topological polar surface area (TPSA) is 121 Å². The lowest BCUT2D eigenvalue weighted by molar-refractivity contribution is -0.118. The molecule has 12 heteroatoms. The molecule has 212 valence electrons. The number of amides is 1. The average molecular weight is 587 g/mol. The van der Waals surface area contributed by atoms with Crippen molar-refractivity contribution in [3.63, 3.8) is 0 Å². The largest absolute Gasteiger partial charge is 0.381 e. The molecule has 1 aromatic carbocycles. The maximum absolute atomic E-state index is 13.5. The van der Waals surface area contributed by atoms with E-state index in [0.717, 1.165) is 18.4 Å². The summed E-state index contributed by atoms with van der Waals surface area (Å²) in [6.07, 6.45) is 3.83. The van der Waals surface area contributed by atoms with Gasteiger partial charge in [-0.2, -0.15) is 0 Å². The number of rotatable bonds is 13. The maximum atomic E-state index is 13.5. The van der Waals surface area contributed by atoms with Gasteiger partial charge in [0.1, 0.15) is 0 Å². The molecule has 1 aromatic heterocycles. The first-order chi connectivity index (χ1) is 17.7. The van der Waals surface area contributed by atoms with Gasteiger partial charge < -0.3 is 19.1 Å². The van der Waals surface area contributed by atoms with E-state index in [4.69, 9.17) is 13.8 Å². The molecule has 1 amide bonds. The van der Waals surface area contributed by atoms with Crippen molar-refractivity contribution < 1.29 is 31.6 Å². The Balaban J connectivity index is 0.00000400. The van der Waals surface area contributed by atoms with Crippen molar-refractivity contribution >= 4 is 39.8 Å². The number of carbonyl (C=O) groups is 1. The van der Waals surface area contributed by atoms with Crippen molar-refractivity contribution in [1.29, 1.82) is 0 Å². The molecule has 1 saturated heterocycles. The van der Waals surface area contributed by atoms with Crippen molar-refractivity contribution in [3.8, 4) is 0 Å². The Bertz CT molecular complexity index is 1200. The third-order valence-corrected chi connectivity index (χ3v) is 11.7. The van der Waals surface area contributed by atoms with Gasteiger partial charge in [0, 0.05) is 18.6 Å². The predicted molar refractivity (Wildman–Crippen MR) is 150 cm³/mol. The number of aromatic nitrogens is 1. The number of carbonyl (C=O) groups excluding carboxylic acids is 1. The van der Waals surface area contributed by atoms with Crippen LogP contribution in [0.5, 0.6) is 0 Å². The van der Waals surface area contributed by atoms with E-state index in [1.165, 1.54) is 11.3 Å². The number of hydrogen-bond acceptors (Lipinski definition) is 9. The Morgan fingerprint density at radius 3 is 2.34 bits per heavy atom. The van der Waals surface area contributed by atoms with Crippen LogP contribution in [0.3, 0.4) is 0 Å². The molecule has 0 spiro atoms. The fraction of sp³-hybridized carbons (Fsp3) is 0.615. The van der Waals surface area contributed by atoms with Gasteiger partial charge in [-0.3, -0.25) is 9.36 Å². The first kappa shape index (κ1) is 30.9. The van der Waals surface area contributed by atoms with Crippen LogP contribution in [0.15, 0.2) is 34.5 Å². The Morgan fingerprint density at radius 2 is 1.76 bits per heavy atom. The molecule has 0 unspecified atom stereocenters. The third kappa shape index (κ3) is 7.96. The van der Waals surface area contributed by atoms with E-state index in [1.54, 1.807) is 43.5 Å². The normalized spacial score (nSPS) is 17.5. The Kier molecular flexibility index (Phi) is 11.1. The number of ether oxygens (including phenoxy) is 1. The van der Waals surface area contributed by atoms with Crippen LogP contribution < -0.4 is 5.32 Å². The highest BCUT2D eigenvalue weighted by Gasteiger charge is 2.37. The van der Waals surface area contributed by atoms with Crippen molar-refractivity contribution in [2.45, 2.75) is 75.6 Å². The van der Waals surface area contributed by atoms with E-state index in [0.29, 0.717) is 54.1 Å². The highest BCUT2D eigenvalue weighted by Crippen LogP contribution is 2.51. The van der Waals surface area contributed by atoms with Gasteiger partial charge in [-0.15, -0.1) is 11.3 Å². The first-order valence-corrected chi connectivity index (χ1v) is 16.9. The van der Waals surface area contributed by atoms with Crippen LogP contribution in [0.4, 0.5) is 5.13 Å². The van der Waals surface area contributed by atoms with E-state index >= 15 is 0 Å². The van der Waals surface area contributed by atoms with Crippen molar-refractivity contribution in [2.24, 2.45) is 5.92 Å². The number of nitrogens with zero attached hydrogens (tertiary/aromatic N) is 1. The van der Waals surface area contributed by atoms with E-state index in [-0.39, 0.29) is 38.0 Å². The van der Waals surface area contributed by atoms with Crippen LogP contribution in [0, 0.1) is 5.92 Å². The zero-order valence-corrected chi connectivity index (χ0v) is 23.8. The van der Waals surface area contributed by atoms with Crippen molar-refractivity contribution in [1.82, 2.24) is 4.98 Å². The SMILES string of the molecule is C.CCOP(=O)(Cc1csc(NC(=O)[C@H](CC2CCOCC2)c2ccc(S(=O)(=O)C3CC3)cc2)n1)OCC. The molecule has 1 aliphatic carbocycles. The van der Waals surface area contributed by atoms with E-state index in [1.807, 2.05) is 0 Å². The van der Waals surface area contributed by atoms with E-state index in [2.05, 4.69) is 10.3 Å². The van der Waals surface area contributed by atoms with Gasteiger partial charge in [-0.1, -0.05) is 19.6 Å². The second-order valence-corrected chi connectivity index (χ2v) is 14.5. The summed E-state index contributed by atoms with van der Waals surface area (Å²) in [5.74, 6) is -0.344. The maximum Gasteiger partial charge on any atom is 0.336 e. The summed E-state index contributed by atoms with van der Waals surface area (Å²) in [4.78, 5) is 18.2. The zero-order chi connectivity index (χ0) is 26.5. The number of benzene rings is 1. The highest BCUT2D eigenvalue weighted by atomic mass is 32.2. The summed E-state index contributed by atoms with van der Waals surface area (Å²) in [5, 5.41) is 4.79. The van der Waals surface area contributed by atoms with Gasteiger partial charge in [-0.25, -0.2) is 13.4 Å². The second kappa shape index (κ2) is 13.6. The summed E-state index contributed by atoms with van der Waals surface area (Å²) in [7, 11) is -6.60. The lowest BCUT2D eigenvalue weighted by Gasteiger charge is -2.26. The van der Waals surface area contributed by atoms with Crippen molar-refractivity contribution in [3.05, 3.63) is 40.9 Å². The van der Waals surface area contributed by atoms with E-state index < -0.39 is 23.4 Å². The Labute approximate surface area is 230 Å². The molecule has 38 heavy (non-hydrogen) atoms. The predicted octanol–water partition coefficient (Wildman–Crippen LogP) is 6.02. The molecule has 0 bridgehead atoms. The molecule has 2 heterocycles. The minimum atomic E-state index is -3.30. The van der Waals surface area contributed by atoms with Gasteiger partial charge >= 0.3 is 7.60 Å². The lowest BCUT2D eigenvalue weighted by atomic mass is 9.84. The molecule has 1 aliphatic heterocycles. The molecule has 2 aromatic rings. The van der Waals surface area contributed by atoms with Gasteiger partial charge in [0.15, 0.2) is 15.0 Å². The molecular formula is C26H39N2O7PS2. The minimum absolute atomic E-state index is 0. The molecule has 1 N–H and O–H groups in total. The summed E-state index contributed by atoms with van der Waals surface area (Å²) < 4.78 is 54.3. The third-order valence-electron chi connectivity index (χ3n) is 6.59. The fourth-order valence-corrected chi connectivity index (χ4v) is 8.62. The standard InChI is InChI=1S/C25H35N2O7PS2.CH4/c1-3-33-35(29,34-4-2)16-20-17-36-25(26-20)27-24(28)23(15-18-11-13-32-14-12-18)19-5-7-21(8-6-19)37(30,31)22-9-10-22;/h5-8,17-18,22-23H,3-4,9-16H2,1-2H3,(H,26,27,28);1H4/t23-;/m1./s1. The number of hydrogen-bond donors (Lipinski definition) is 1. The highest BCUT2D eigenvalue weighted by molar-refractivity contribution is 7.92. The zero-order valence-electron chi connectivity index (χ0n) is 21.3. The van der Waals surface area contributed by atoms with Gasteiger partial charge in [-0.05, 0) is 69.6 Å². The molecule has 1 saturated carbocycles. The van der Waals surface area contributed by atoms with Crippen LogP contribution >= 0.6 is 18.9 Å². The summed E-state index contributed by atoms with van der Waals surface area (Å²) in [6, 6.07) is 6.75. The van der Waals surface area contributed by atoms with Crippen LogP contribution in [-0.2, 0) is 39.1 Å². The molecule has 2 aliphatic rings. The summed E-state index contributed by atoms with van der Waals surface area (Å²) in [5.41, 5.74) is 1.30. The Hall–Kier alpha value is -1.62. The molecule has 9 nitrogen and oxygen atoms in total. The van der Waals surface area contributed by atoms with Crippen molar-refractivity contribution in [2.75, 3.05) is 31.7 Å². The average Bonchev–Trinajstić information content (AvgIpc) is 3.66. The second-order valence-electron chi connectivity index (χ2n) is 9.40. The summed E-state index contributed by atoms with van der Waals surface area (Å²) in [6.45, 7) is 5.38.